The van der Waals surface area contributed by atoms with Crippen LogP contribution in [-0.2, 0) is 11.3 Å². The standard InChI is InChI=1S/C15H21BrFNO2/c1-10(15(19)20)4-3-5-11(2)18-9-12-8-13(16)6-7-14(12)17/h6-8,10-11,18H,3-5,9H2,1-2H3,(H,19,20). The number of nitrogens with one attached hydrogen (secondary N) is 1. The first-order valence-electron chi connectivity index (χ1n) is 6.80. The zero-order chi connectivity index (χ0) is 15.1. The zero-order valence-corrected chi connectivity index (χ0v) is 13.4. The van der Waals surface area contributed by atoms with Crippen molar-refractivity contribution in [3.05, 3.63) is 34.1 Å². The van der Waals surface area contributed by atoms with E-state index in [0.717, 1.165) is 17.3 Å². The van der Waals surface area contributed by atoms with E-state index in [-0.39, 0.29) is 17.8 Å². The Morgan fingerprint density at radius 3 is 2.75 bits per heavy atom. The summed E-state index contributed by atoms with van der Waals surface area (Å²) in [6.07, 6.45) is 2.41. The Balaban J connectivity index is 2.31. The van der Waals surface area contributed by atoms with Crippen molar-refractivity contribution >= 4 is 21.9 Å². The molecule has 1 aromatic carbocycles. The molecule has 0 saturated heterocycles. The Labute approximate surface area is 127 Å². The molecule has 2 atom stereocenters. The number of aliphatic carboxylic acids is 1. The largest absolute Gasteiger partial charge is 0.481 e. The summed E-state index contributed by atoms with van der Waals surface area (Å²) < 4.78 is 14.4. The highest BCUT2D eigenvalue weighted by Gasteiger charge is 2.11. The summed E-state index contributed by atoms with van der Waals surface area (Å²) in [5.74, 6) is -1.26. The maximum absolute atomic E-state index is 13.5. The second-order valence-corrected chi connectivity index (χ2v) is 6.10. The maximum atomic E-state index is 13.5. The molecule has 0 radical (unpaired) electrons. The van der Waals surface area contributed by atoms with Crippen molar-refractivity contribution in [3.63, 3.8) is 0 Å². The van der Waals surface area contributed by atoms with E-state index in [0.29, 0.717) is 18.5 Å². The quantitative estimate of drug-likeness (QED) is 0.749. The Morgan fingerprint density at radius 1 is 1.40 bits per heavy atom. The minimum atomic E-state index is -0.748. The summed E-state index contributed by atoms with van der Waals surface area (Å²) in [6.45, 7) is 4.22. The highest BCUT2D eigenvalue weighted by Crippen LogP contribution is 2.16. The molecule has 3 nitrogen and oxygen atoms in total. The third-order valence-electron chi connectivity index (χ3n) is 3.34. The monoisotopic (exact) mass is 345 g/mol. The fourth-order valence-corrected chi connectivity index (χ4v) is 2.33. The van der Waals surface area contributed by atoms with Crippen molar-refractivity contribution < 1.29 is 14.3 Å². The van der Waals surface area contributed by atoms with E-state index >= 15 is 0 Å². The number of carboxylic acid groups (broad SMARTS) is 1. The van der Waals surface area contributed by atoms with Gasteiger partial charge in [0.1, 0.15) is 5.82 Å². The van der Waals surface area contributed by atoms with Crippen LogP contribution in [0.4, 0.5) is 4.39 Å². The van der Waals surface area contributed by atoms with E-state index in [1.807, 2.05) is 6.92 Å². The van der Waals surface area contributed by atoms with Gasteiger partial charge in [-0.15, -0.1) is 0 Å². The summed E-state index contributed by atoms with van der Waals surface area (Å²) >= 11 is 3.32. The summed E-state index contributed by atoms with van der Waals surface area (Å²) in [4.78, 5) is 10.7. The van der Waals surface area contributed by atoms with Gasteiger partial charge in [0.25, 0.3) is 0 Å². The van der Waals surface area contributed by atoms with Gasteiger partial charge < -0.3 is 10.4 Å². The van der Waals surface area contributed by atoms with Crippen LogP contribution < -0.4 is 5.32 Å². The van der Waals surface area contributed by atoms with Gasteiger partial charge in [-0.1, -0.05) is 29.3 Å². The second-order valence-electron chi connectivity index (χ2n) is 5.19. The third-order valence-corrected chi connectivity index (χ3v) is 3.84. The molecule has 0 aliphatic heterocycles. The van der Waals surface area contributed by atoms with Gasteiger partial charge in [-0.3, -0.25) is 4.79 Å². The van der Waals surface area contributed by atoms with Gasteiger partial charge in [-0.05, 0) is 38.0 Å². The summed E-state index contributed by atoms with van der Waals surface area (Å²) in [5, 5.41) is 12.1. The molecule has 20 heavy (non-hydrogen) atoms. The molecule has 0 heterocycles. The van der Waals surface area contributed by atoms with E-state index in [1.165, 1.54) is 6.07 Å². The first-order valence-corrected chi connectivity index (χ1v) is 7.59. The fraction of sp³-hybridized carbons (Fsp3) is 0.533. The van der Waals surface area contributed by atoms with Gasteiger partial charge in [-0.2, -0.15) is 0 Å². The number of benzene rings is 1. The molecule has 0 fully saturated rings. The highest BCUT2D eigenvalue weighted by molar-refractivity contribution is 9.10. The van der Waals surface area contributed by atoms with Crippen molar-refractivity contribution in [2.75, 3.05) is 0 Å². The molecule has 0 amide bonds. The molecule has 0 bridgehead atoms. The van der Waals surface area contributed by atoms with E-state index in [2.05, 4.69) is 21.2 Å². The van der Waals surface area contributed by atoms with Gasteiger partial charge in [0.15, 0.2) is 0 Å². The lowest BCUT2D eigenvalue weighted by Crippen LogP contribution is -2.26. The van der Waals surface area contributed by atoms with E-state index in [9.17, 15) is 9.18 Å². The molecule has 2 N–H and O–H groups in total. The van der Waals surface area contributed by atoms with Crippen LogP contribution in [0.15, 0.2) is 22.7 Å². The SMILES string of the molecule is CC(CCCC(C)C(=O)O)NCc1cc(Br)ccc1F. The summed E-state index contributed by atoms with van der Waals surface area (Å²) in [6, 6.07) is 5.12. The number of halogens is 2. The third kappa shape index (κ3) is 6.01. The van der Waals surface area contributed by atoms with Crippen molar-refractivity contribution in [1.29, 1.82) is 0 Å². The molecule has 0 aliphatic rings. The zero-order valence-electron chi connectivity index (χ0n) is 11.8. The predicted molar refractivity (Wildman–Crippen MR) is 81.1 cm³/mol. The van der Waals surface area contributed by atoms with E-state index in [4.69, 9.17) is 5.11 Å². The van der Waals surface area contributed by atoms with Gasteiger partial charge >= 0.3 is 5.97 Å². The average Bonchev–Trinajstić information content (AvgIpc) is 2.39. The number of carbonyl (C=O) groups is 1. The van der Waals surface area contributed by atoms with Crippen LogP contribution in [0, 0.1) is 11.7 Å². The molecule has 0 saturated carbocycles. The van der Waals surface area contributed by atoms with Crippen molar-refractivity contribution in [1.82, 2.24) is 5.32 Å². The molecular formula is C15H21BrFNO2. The predicted octanol–water partition coefficient (Wildman–Crippen LogP) is 3.96. The van der Waals surface area contributed by atoms with E-state index in [1.54, 1.807) is 19.1 Å². The minimum absolute atomic E-state index is 0.215. The Hall–Kier alpha value is -0.940. The topological polar surface area (TPSA) is 49.3 Å². The maximum Gasteiger partial charge on any atom is 0.306 e. The Morgan fingerprint density at radius 2 is 2.10 bits per heavy atom. The molecule has 2 unspecified atom stereocenters. The van der Waals surface area contributed by atoms with Crippen LogP contribution in [-0.4, -0.2) is 17.1 Å². The number of hydrogen-bond acceptors (Lipinski definition) is 2. The molecule has 0 aromatic heterocycles. The van der Waals surface area contributed by atoms with Crippen LogP contribution in [0.2, 0.25) is 0 Å². The molecule has 0 aliphatic carbocycles. The first-order chi connectivity index (χ1) is 9.40. The van der Waals surface area contributed by atoms with Gasteiger partial charge in [0.05, 0.1) is 5.92 Å². The van der Waals surface area contributed by atoms with Crippen LogP contribution in [0.3, 0.4) is 0 Å². The lowest BCUT2D eigenvalue weighted by Gasteiger charge is -2.15. The van der Waals surface area contributed by atoms with Crippen LogP contribution in [0.25, 0.3) is 0 Å². The molecule has 1 rings (SSSR count). The smallest absolute Gasteiger partial charge is 0.306 e. The molecular weight excluding hydrogens is 325 g/mol. The minimum Gasteiger partial charge on any atom is -0.481 e. The first kappa shape index (κ1) is 17.1. The van der Waals surface area contributed by atoms with Gasteiger partial charge in [0.2, 0.25) is 0 Å². The van der Waals surface area contributed by atoms with Crippen LogP contribution in [0.1, 0.15) is 38.7 Å². The van der Waals surface area contributed by atoms with Crippen molar-refractivity contribution in [2.45, 2.75) is 45.7 Å². The Kier molecular flexibility index (Phi) is 7.16. The Bertz CT molecular complexity index is 453. The second kappa shape index (κ2) is 8.37. The van der Waals surface area contributed by atoms with Crippen LogP contribution in [0.5, 0.6) is 0 Å². The number of rotatable bonds is 8. The number of hydrogen-bond donors (Lipinski definition) is 2. The average molecular weight is 346 g/mol. The molecule has 5 heteroatoms. The van der Waals surface area contributed by atoms with Gasteiger partial charge in [-0.25, -0.2) is 4.39 Å². The summed E-state index contributed by atoms with van der Waals surface area (Å²) in [7, 11) is 0. The lowest BCUT2D eigenvalue weighted by atomic mass is 10.0. The molecule has 112 valence electrons. The van der Waals surface area contributed by atoms with Crippen molar-refractivity contribution in [3.8, 4) is 0 Å². The lowest BCUT2D eigenvalue weighted by molar-refractivity contribution is -0.141. The fourth-order valence-electron chi connectivity index (χ4n) is 1.92. The van der Waals surface area contributed by atoms with Crippen molar-refractivity contribution in [2.24, 2.45) is 5.92 Å². The normalized spacial score (nSPS) is 14.0. The van der Waals surface area contributed by atoms with E-state index < -0.39 is 5.97 Å². The molecule has 0 spiro atoms. The molecule has 1 aromatic rings. The van der Waals surface area contributed by atoms with Crippen LogP contribution >= 0.6 is 15.9 Å². The van der Waals surface area contributed by atoms with Gasteiger partial charge in [0, 0.05) is 22.6 Å². The summed E-state index contributed by atoms with van der Waals surface area (Å²) in [5.41, 5.74) is 0.630. The highest BCUT2D eigenvalue weighted by atomic mass is 79.9. The number of carboxylic acids is 1.